The van der Waals surface area contributed by atoms with E-state index in [1.54, 1.807) is 0 Å². The molecule has 0 radical (unpaired) electrons. The number of thioether (sulfide) groups is 1. The number of aliphatic imine (C=N–C) groups is 1. The number of aliphatic hydroxyl groups excluding tert-OH is 1. The van der Waals surface area contributed by atoms with Crippen molar-refractivity contribution in [3.63, 3.8) is 0 Å². The van der Waals surface area contributed by atoms with Gasteiger partial charge in [-0.25, -0.2) is 0 Å². The lowest BCUT2D eigenvalue weighted by atomic mass is 10.1. The van der Waals surface area contributed by atoms with Crippen LogP contribution in [0.5, 0.6) is 0 Å². The van der Waals surface area contributed by atoms with E-state index in [-0.39, 0.29) is 36.0 Å². The van der Waals surface area contributed by atoms with Crippen LogP contribution in [0.1, 0.15) is 12.8 Å². The SMILES string of the molecule is I.NC(=NCC1(CO)CC1)N1CCSCC1. The van der Waals surface area contributed by atoms with Crippen molar-refractivity contribution >= 4 is 41.7 Å². The van der Waals surface area contributed by atoms with Gasteiger partial charge in [0.15, 0.2) is 5.96 Å². The summed E-state index contributed by atoms with van der Waals surface area (Å²) in [6.45, 7) is 2.96. The van der Waals surface area contributed by atoms with Gasteiger partial charge in [0.05, 0.1) is 13.2 Å². The summed E-state index contributed by atoms with van der Waals surface area (Å²) in [6.07, 6.45) is 2.19. The first kappa shape index (κ1) is 14.4. The number of guanidine groups is 1. The molecule has 0 spiro atoms. The van der Waals surface area contributed by atoms with Crippen LogP contribution in [0.3, 0.4) is 0 Å². The van der Waals surface area contributed by atoms with Gasteiger partial charge in [0.1, 0.15) is 0 Å². The van der Waals surface area contributed by atoms with E-state index in [2.05, 4.69) is 9.89 Å². The second-order valence-electron chi connectivity index (χ2n) is 4.43. The molecular weight excluding hydrogens is 337 g/mol. The first-order valence-electron chi connectivity index (χ1n) is 5.49. The van der Waals surface area contributed by atoms with Gasteiger partial charge in [-0.3, -0.25) is 4.99 Å². The number of nitrogens with zero attached hydrogens (tertiary/aromatic N) is 2. The molecule has 1 saturated carbocycles. The molecule has 94 valence electrons. The molecule has 1 heterocycles. The van der Waals surface area contributed by atoms with Crippen molar-refractivity contribution in [2.24, 2.45) is 16.1 Å². The highest BCUT2D eigenvalue weighted by atomic mass is 127. The topological polar surface area (TPSA) is 61.9 Å². The molecule has 2 fully saturated rings. The van der Waals surface area contributed by atoms with Gasteiger partial charge in [-0.05, 0) is 12.8 Å². The molecule has 2 aliphatic rings. The molecule has 0 aromatic carbocycles. The number of aliphatic hydroxyl groups is 1. The van der Waals surface area contributed by atoms with Crippen molar-refractivity contribution in [2.45, 2.75) is 12.8 Å². The predicted octanol–water partition coefficient (Wildman–Crippen LogP) is 0.740. The smallest absolute Gasteiger partial charge is 0.191 e. The minimum atomic E-state index is 0. The Morgan fingerprint density at radius 3 is 2.50 bits per heavy atom. The highest BCUT2D eigenvalue weighted by Crippen LogP contribution is 2.45. The van der Waals surface area contributed by atoms with E-state index in [9.17, 15) is 0 Å². The molecule has 16 heavy (non-hydrogen) atoms. The Bertz CT molecular complexity index is 252. The molecule has 1 aliphatic carbocycles. The molecule has 0 aromatic rings. The van der Waals surface area contributed by atoms with E-state index in [4.69, 9.17) is 10.8 Å². The van der Waals surface area contributed by atoms with Crippen LogP contribution in [0, 0.1) is 5.41 Å². The Morgan fingerprint density at radius 1 is 1.38 bits per heavy atom. The first-order chi connectivity index (χ1) is 7.26. The second-order valence-corrected chi connectivity index (χ2v) is 5.66. The fraction of sp³-hybridized carbons (Fsp3) is 0.900. The van der Waals surface area contributed by atoms with Gasteiger partial charge in [0, 0.05) is 30.0 Å². The monoisotopic (exact) mass is 357 g/mol. The summed E-state index contributed by atoms with van der Waals surface area (Å²) in [6, 6.07) is 0. The van der Waals surface area contributed by atoms with Gasteiger partial charge in [-0.1, -0.05) is 0 Å². The summed E-state index contributed by atoms with van der Waals surface area (Å²) in [7, 11) is 0. The molecule has 4 nitrogen and oxygen atoms in total. The third-order valence-corrected chi connectivity index (χ3v) is 4.15. The predicted molar refractivity (Wildman–Crippen MR) is 79.6 cm³/mol. The summed E-state index contributed by atoms with van der Waals surface area (Å²) in [4.78, 5) is 6.55. The van der Waals surface area contributed by atoms with Crippen LogP contribution in [0.4, 0.5) is 0 Å². The van der Waals surface area contributed by atoms with E-state index >= 15 is 0 Å². The van der Waals surface area contributed by atoms with Crippen LogP contribution in [0.15, 0.2) is 4.99 Å². The number of rotatable bonds is 3. The average molecular weight is 357 g/mol. The Labute approximate surface area is 118 Å². The van der Waals surface area contributed by atoms with E-state index in [0.29, 0.717) is 12.5 Å². The summed E-state index contributed by atoms with van der Waals surface area (Å²) in [5, 5.41) is 9.15. The number of nitrogens with two attached hydrogens (primary N) is 1. The molecule has 0 atom stereocenters. The largest absolute Gasteiger partial charge is 0.396 e. The summed E-state index contributed by atoms with van der Waals surface area (Å²) < 4.78 is 0. The molecule has 0 unspecified atom stereocenters. The molecule has 0 bridgehead atoms. The van der Waals surface area contributed by atoms with Crippen LogP contribution in [0.25, 0.3) is 0 Å². The lowest BCUT2D eigenvalue weighted by Gasteiger charge is -2.27. The van der Waals surface area contributed by atoms with Gasteiger partial charge >= 0.3 is 0 Å². The maximum Gasteiger partial charge on any atom is 0.191 e. The van der Waals surface area contributed by atoms with Gasteiger partial charge in [0.2, 0.25) is 0 Å². The average Bonchev–Trinajstić information content (AvgIpc) is 3.08. The lowest BCUT2D eigenvalue weighted by molar-refractivity contribution is 0.216. The van der Waals surface area contributed by atoms with E-state index in [1.807, 2.05) is 11.8 Å². The zero-order chi connectivity index (χ0) is 10.7. The Kier molecular flexibility index (Phi) is 5.66. The molecule has 2 rings (SSSR count). The zero-order valence-corrected chi connectivity index (χ0v) is 12.5. The maximum atomic E-state index is 9.15. The molecule has 6 heteroatoms. The van der Waals surface area contributed by atoms with E-state index in [0.717, 1.165) is 37.4 Å². The van der Waals surface area contributed by atoms with Crippen LogP contribution in [-0.2, 0) is 0 Å². The highest BCUT2D eigenvalue weighted by Gasteiger charge is 2.41. The van der Waals surface area contributed by atoms with Crippen molar-refractivity contribution < 1.29 is 5.11 Å². The van der Waals surface area contributed by atoms with Crippen LogP contribution >= 0.6 is 35.7 Å². The fourth-order valence-electron chi connectivity index (χ4n) is 1.68. The molecule has 1 aliphatic heterocycles. The molecular formula is C10H20IN3OS. The van der Waals surface area contributed by atoms with Crippen molar-refractivity contribution in [3.8, 4) is 0 Å². The molecule has 0 aromatic heterocycles. The first-order valence-corrected chi connectivity index (χ1v) is 6.65. The number of hydrogen-bond acceptors (Lipinski definition) is 3. The van der Waals surface area contributed by atoms with Crippen molar-refractivity contribution in [2.75, 3.05) is 37.7 Å². The Balaban J connectivity index is 0.00000128. The minimum absolute atomic E-state index is 0. The van der Waals surface area contributed by atoms with Crippen molar-refractivity contribution in [1.82, 2.24) is 4.90 Å². The number of hydrogen-bond donors (Lipinski definition) is 2. The van der Waals surface area contributed by atoms with Gasteiger partial charge < -0.3 is 15.7 Å². The Hall–Kier alpha value is 0.310. The normalized spacial score (nSPS) is 23.8. The lowest BCUT2D eigenvalue weighted by Crippen LogP contribution is -2.43. The second kappa shape index (κ2) is 6.30. The van der Waals surface area contributed by atoms with E-state index < -0.39 is 0 Å². The standard InChI is InChI=1S/C10H19N3OS.HI/c11-9(13-3-5-15-6-4-13)12-7-10(8-14)1-2-10;/h14H,1-8H2,(H2,11,12);1H. The summed E-state index contributed by atoms with van der Waals surface area (Å²) >= 11 is 1.96. The van der Waals surface area contributed by atoms with Crippen molar-refractivity contribution in [1.29, 1.82) is 0 Å². The zero-order valence-electron chi connectivity index (χ0n) is 9.39. The van der Waals surface area contributed by atoms with E-state index in [1.165, 1.54) is 0 Å². The number of halogens is 1. The highest BCUT2D eigenvalue weighted by molar-refractivity contribution is 14.0. The van der Waals surface area contributed by atoms with Crippen LogP contribution < -0.4 is 5.73 Å². The Morgan fingerprint density at radius 2 is 2.00 bits per heavy atom. The third-order valence-electron chi connectivity index (χ3n) is 3.20. The van der Waals surface area contributed by atoms with Crippen molar-refractivity contribution in [3.05, 3.63) is 0 Å². The molecule has 3 N–H and O–H groups in total. The fourth-order valence-corrected chi connectivity index (χ4v) is 2.59. The maximum absolute atomic E-state index is 9.15. The molecule has 1 saturated heterocycles. The summed E-state index contributed by atoms with van der Waals surface area (Å²) in [5.74, 6) is 2.94. The van der Waals surface area contributed by atoms with Gasteiger partial charge in [-0.2, -0.15) is 11.8 Å². The third kappa shape index (κ3) is 3.66. The van der Waals surface area contributed by atoms with Gasteiger partial charge in [-0.15, -0.1) is 24.0 Å². The quantitative estimate of drug-likeness (QED) is 0.444. The van der Waals surface area contributed by atoms with Crippen LogP contribution in [-0.4, -0.2) is 53.7 Å². The minimum Gasteiger partial charge on any atom is -0.396 e. The molecule has 0 amide bonds. The van der Waals surface area contributed by atoms with Gasteiger partial charge in [0.25, 0.3) is 0 Å². The summed E-state index contributed by atoms with van der Waals surface area (Å²) in [5.41, 5.74) is 6.00. The van der Waals surface area contributed by atoms with Crippen LogP contribution in [0.2, 0.25) is 0 Å².